The van der Waals surface area contributed by atoms with Gasteiger partial charge in [0.05, 0.1) is 0 Å². The molecule has 1 aliphatic heterocycles. The van der Waals surface area contributed by atoms with Crippen LogP contribution in [0.4, 0.5) is 0 Å². The van der Waals surface area contributed by atoms with Crippen molar-refractivity contribution in [3.63, 3.8) is 0 Å². The van der Waals surface area contributed by atoms with E-state index in [0.717, 1.165) is 0 Å². The number of hydrogen-bond donors (Lipinski definition) is 1. The second-order valence-corrected chi connectivity index (χ2v) is 1.65. The van der Waals surface area contributed by atoms with Crippen LogP contribution in [-0.2, 0) is 0 Å². The molecule has 0 amide bonds. The molecular weight excluding hydrogens is 88.1 g/mol. The summed E-state index contributed by atoms with van der Waals surface area (Å²) >= 11 is 0. The molecule has 1 heterocycles. The average molecular weight is 104 g/mol. The molecule has 7 heavy (non-hydrogen) atoms. The molecular formula is C5H12N2. The van der Waals surface area contributed by atoms with Gasteiger partial charge in [-0.25, -0.2) is 0 Å². The molecule has 0 spiro atoms. The van der Waals surface area contributed by atoms with Gasteiger partial charge in [-0.05, 0) is 7.05 Å². The van der Waals surface area contributed by atoms with E-state index < -0.39 is 13.0 Å². The monoisotopic (exact) mass is 104 g/mol. The molecule has 42 valence electrons. The van der Waals surface area contributed by atoms with E-state index >= 15 is 0 Å². The molecule has 0 aromatic carbocycles. The zero-order valence-corrected chi connectivity index (χ0v) is 4.36. The predicted octanol–water partition coefficient (Wildman–Crippen LogP) is -0.479. The molecule has 1 N–H and O–H groups in total. The highest BCUT2D eigenvalue weighted by molar-refractivity contribution is 4.62. The van der Waals surface area contributed by atoms with Crippen molar-refractivity contribution in [2.24, 2.45) is 0 Å². The van der Waals surface area contributed by atoms with Crippen molar-refractivity contribution in [3.05, 3.63) is 0 Å². The van der Waals surface area contributed by atoms with Crippen molar-refractivity contribution in [1.29, 1.82) is 0 Å². The maximum atomic E-state index is 7.29. The molecule has 0 unspecified atom stereocenters. The maximum Gasteiger partial charge on any atom is 0.0441 e. The summed E-state index contributed by atoms with van der Waals surface area (Å²) in [6, 6.07) is 0. The lowest BCUT2D eigenvalue weighted by Crippen LogP contribution is -2.40. The Morgan fingerprint density at radius 1 is 1.57 bits per heavy atom. The minimum absolute atomic E-state index is 0.229. The molecule has 0 atom stereocenters. The SMILES string of the molecule is [2H]C1([2H])CN(C)CC([2H])([2H])N1. The standard InChI is InChI=1S/C5H12N2/c1-7-4-2-6-3-5-7/h6H,2-5H2,1H3/i2D2,3D2. The number of piperazine rings is 1. The molecule has 0 radical (unpaired) electrons. The topological polar surface area (TPSA) is 15.3 Å². The Morgan fingerprint density at radius 3 is 2.57 bits per heavy atom. The number of rotatable bonds is 0. The minimum Gasteiger partial charge on any atom is -0.314 e. The van der Waals surface area contributed by atoms with E-state index in [4.69, 9.17) is 5.48 Å². The molecule has 0 bridgehead atoms. The highest BCUT2D eigenvalue weighted by Crippen LogP contribution is 1.82. The smallest absolute Gasteiger partial charge is 0.0441 e. The molecule has 0 aromatic heterocycles. The zero-order valence-electron chi connectivity index (χ0n) is 8.36. The van der Waals surface area contributed by atoms with Crippen molar-refractivity contribution in [3.8, 4) is 0 Å². The van der Waals surface area contributed by atoms with E-state index in [1.165, 1.54) is 0 Å². The van der Waals surface area contributed by atoms with Gasteiger partial charge in [0.25, 0.3) is 0 Å². The first-order valence-electron chi connectivity index (χ1n) is 4.29. The fourth-order valence-electron chi connectivity index (χ4n) is 0.467. The van der Waals surface area contributed by atoms with Crippen LogP contribution >= 0.6 is 0 Å². The number of nitrogens with zero attached hydrogens (tertiary/aromatic N) is 1. The van der Waals surface area contributed by atoms with E-state index in [1.807, 2.05) is 0 Å². The Hall–Kier alpha value is -0.0800. The Bertz CT molecular complexity index is 143. The second-order valence-electron chi connectivity index (χ2n) is 1.65. The fraction of sp³-hybridized carbons (Fsp3) is 1.00. The minimum atomic E-state index is -1.61. The maximum absolute atomic E-state index is 7.29. The highest BCUT2D eigenvalue weighted by Gasteiger charge is 2.01. The van der Waals surface area contributed by atoms with Gasteiger partial charge in [0, 0.05) is 31.6 Å². The van der Waals surface area contributed by atoms with Crippen LogP contribution in [0.5, 0.6) is 0 Å². The lowest BCUT2D eigenvalue weighted by Gasteiger charge is -2.21. The zero-order chi connectivity index (χ0) is 8.70. The average Bonchev–Trinajstić information content (AvgIpc) is 1.49. The van der Waals surface area contributed by atoms with E-state index in [0.29, 0.717) is 0 Å². The van der Waals surface area contributed by atoms with Crippen LogP contribution < -0.4 is 5.32 Å². The Morgan fingerprint density at radius 2 is 2.14 bits per heavy atom. The Balaban J connectivity index is 2.66. The third kappa shape index (κ3) is 1.45. The number of hydrogen-bond acceptors (Lipinski definition) is 2. The normalized spacial score (nSPS) is 48.1. The summed E-state index contributed by atoms with van der Waals surface area (Å²) in [4.78, 5) is 1.64. The first-order valence-corrected chi connectivity index (χ1v) is 2.29. The summed E-state index contributed by atoms with van der Waals surface area (Å²) in [6.07, 6.45) is 0. The molecule has 1 saturated heterocycles. The molecule has 0 aliphatic carbocycles. The quantitative estimate of drug-likeness (QED) is 0.446. The molecule has 1 fully saturated rings. The van der Waals surface area contributed by atoms with Gasteiger partial charge in [-0.3, -0.25) is 0 Å². The largest absolute Gasteiger partial charge is 0.314 e. The predicted molar refractivity (Wildman–Crippen MR) is 30.4 cm³/mol. The third-order valence-electron chi connectivity index (χ3n) is 0.875. The van der Waals surface area contributed by atoms with E-state index in [2.05, 4.69) is 5.32 Å². The van der Waals surface area contributed by atoms with Gasteiger partial charge < -0.3 is 10.2 Å². The van der Waals surface area contributed by atoms with Crippen LogP contribution in [0.3, 0.4) is 0 Å². The summed E-state index contributed by atoms with van der Waals surface area (Å²) in [6.45, 7) is -2.77. The lowest BCUT2D eigenvalue weighted by atomic mass is 10.4. The van der Waals surface area contributed by atoms with Crippen molar-refractivity contribution in [1.82, 2.24) is 10.2 Å². The van der Waals surface area contributed by atoms with Crippen LogP contribution in [0.1, 0.15) is 5.48 Å². The van der Waals surface area contributed by atoms with Crippen molar-refractivity contribution >= 4 is 0 Å². The summed E-state index contributed by atoms with van der Waals surface area (Å²) in [5.41, 5.74) is 0. The van der Waals surface area contributed by atoms with Gasteiger partial charge in [0.15, 0.2) is 0 Å². The number of nitrogens with one attached hydrogen (secondary N) is 1. The molecule has 2 nitrogen and oxygen atoms in total. The molecule has 1 rings (SSSR count). The van der Waals surface area contributed by atoms with Gasteiger partial charge >= 0.3 is 0 Å². The van der Waals surface area contributed by atoms with Gasteiger partial charge in [0.2, 0.25) is 0 Å². The van der Waals surface area contributed by atoms with Gasteiger partial charge in [0.1, 0.15) is 0 Å². The van der Waals surface area contributed by atoms with Crippen LogP contribution in [0.15, 0.2) is 0 Å². The molecule has 0 aromatic rings. The Labute approximate surface area is 50.1 Å². The summed E-state index contributed by atoms with van der Waals surface area (Å²) < 4.78 is 29.1. The summed E-state index contributed by atoms with van der Waals surface area (Å²) in [5.74, 6) is 0. The highest BCUT2D eigenvalue weighted by atomic mass is 15.2. The first-order chi connectivity index (χ1) is 4.81. The van der Waals surface area contributed by atoms with Crippen LogP contribution in [0.25, 0.3) is 0 Å². The molecule has 0 saturated carbocycles. The first kappa shape index (κ1) is 2.03. The summed E-state index contributed by atoms with van der Waals surface area (Å²) in [5, 5.41) is 2.29. The van der Waals surface area contributed by atoms with Crippen molar-refractivity contribution < 1.29 is 5.48 Å². The van der Waals surface area contributed by atoms with Gasteiger partial charge in [-0.1, -0.05) is 0 Å². The lowest BCUT2D eigenvalue weighted by molar-refractivity contribution is 0.291. The molecule has 2 heteroatoms. The second kappa shape index (κ2) is 2.28. The molecule has 1 aliphatic rings. The van der Waals surface area contributed by atoms with Crippen molar-refractivity contribution in [2.45, 2.75) is 0 Å². The van der Waals surface area contributed by atoms with Gasteiger partial charge in [-0.15, -0.1) is 0 Å². The summed E-state index contributed by atoms with van der Waals surface area (Å²) in [7, 11) is 1.70. The Kier molecular flexibility index (Phi) is 0.664. The van der Waals surface area contributed by atoms with Gasteiger partial charge in [-0.2, -0.15) is 0 Å². The van der Waals surface area contributed by atoms with Crippen LogP contribution in [0.2, 0.25) is 0 Å². The van der Waals surface area contributed by atoms with E-state index in [1.54, 1.807) is 11.9 Å². The number of likely N-dealkylation sites (N-methyl/N-ethyl adjacent to an activating group) is 1. The van der Waals surface area contributed by atoms with Crippen molar-refractivity contribution in [2.75, 3.05) is 33.1 Å². The van der Waals surface area contributed by atoms with E-state index in [-0.39, 0.29) is 13.1 Å². The third-order valence-corrected chi connectivity index (χ3v) is 0.875. The van der Waals surface area contributed by atoms with E-state index in [9.17, 15) is 0 Å². The fourth-order valence-corrected chi connectivity index (χ4v) is 0.467. The van der Waals surface area contributed by atoms with Crippen LogP contribution in [0, 0.1) is 0 Å². The van der Waals surface area contributed by atoms with Crippen LogP contribution in [-0.4, -0.2) is 38.0 Å².